The minimum absolute atomic E-state index is 0.156. The van der Waals surface area contributed by atoms with Crippen molar-refractivity contribution in [2.24, 2.45) is 17.3 Å². The van der Waals surface area contributed by atoms with Gasteiger partial charge in [-0.3, -0.25) is 0 Å². The fraction of sp³-hybridized carbons (Fsp3) is 0.727. The molecule has 0 N–H and O–H groups in total. The lowest BCUT2D eigenvalue weighted by molar-refractivity contribution is 0.211. The van der Waals surface area contributed by atoms with Crippen molar-refractivity contribution >= 4 is 0 Å². The summed E-state index contributed by atoms with van der Waals surface area (Å²) in [7, 11) is 0. The van der Waals surface area contributed by atoms with Crippen molar-refractivity contribution in [2.45, 2.75) is 33.6 Å². The van der Waals surface area contributed by atoms with E-state index in [0.29, 0.717) is 11.3 Å². The van der Waals surface area contributed by atoms with Crippen LogP contribution in [-0.4, -0.2) is 0 Å². The molecule has 0 unspecified atom stereocenters. The van der Waals surface area contributed by atoms with Gasteiger partial charge >= 0.3 is 0 Å². The van der Waals surface area contributed by atoms with Crippen molar-refractivity contribution in [3.05, 3.63) is 12.2 Å². The van der Waals surface area contributed by atoms with Crippen LogP contribution in [0.2, 0.25) is 0 Å². The summed E-state index contributed by atoms with van der Waals surface area (Å²) >= 11 is 0. The first kappa shape index (κ1) is 9.32. The van der Waals surface area contributed by atoms with Gasteiger partial charge in [0, 0.05) is 0 Å². The van der Waals surface area contributed by atoms with Crippen LogP contribution in [0.1, 0.15) is 33.6 Å². The summed E-state index contributed by atoms with van der Waals surface area (Å²) in [5.41, 5.74) is 0.347. The van der Waals surface area contributed by atoms with E-state index in [2.05, 4.69) is 32.9 Å². The van der Waals surface area contributed by atoms with Crippen LogP contribution < -0.4 is 0 Å². The average Bonchev–Trinajstić information content (AvgIpc) is 2.03. The monoisotopic (exact) mass is 163 g/mol. The molecule has 0 heterocycles. The van der Waals surface area contributed by atoms with Gasteiger partial charge in [-0.2, -0.15) is 5.26 Å². The van der Waals surface area contributed by atoms with Gasteiger partial charge in [0.25, 0.3) is 0 Å². The minimum atomic E-state index is 0.156. The Labute approximate surface area is 75.1 Å². The topological polar surface area (TPSA) is 23.8 Å². The second-order valence-electron chi connectivity index (χ2n) is 4.70. The zero-order chi connectivity index (χ0) is 9.19. The molecule has 2 atom stereocenters. The molecular formula is C11H17N. The summed E-state index contributed by atoms with van der Waals surface area (Å²) in [6.45, 7) is 6.77. The Hall–Kier alpha value is -0.770. The fourth-order valence-corrected chi connectivity index (χ4v) is 1.69. The molecule has 0 aromatic rings. The summed E-state index contributed by atoms with van der Waals surface area (Å²) in [5.74, 6) is 0.829. The van der Waals surface area contributed by atoms with Crippen LogP contribution in [0.4, 0.5) is 0 Å². The van der Waals surface area contributed by atoms with E-state index in [4.69, 9.17) is 5.26 Å². The van der Waals surface area contributed by atoms with Gasteiger partial charge in [0.15, 0.2) is 0 Å². The lowest BCUT2D eigenvalue weighted by Crippen LogP contribution is -2.24. The molecule has 66 valence electrons. The largest absolute Gasteiger partial charge is 0.198 e. The molecule has 1 nitrogen and oxygen atoms in total. The third kappa shape index (κ3) is 2.11. The van der Waals surface area contributed by atoms with E-state index in [1.54, 1.807) is 0 Å². The maximum Gasteiger partial charge on any atom is 0.0697 e. The van der Waals surface area contributed by atoms with Gasteiger partial charge in [-0.1, -0.05) is 32.9 Å². The molecule has 0 aromatic heterocycles. The van der Waals surface area contributed by atoms with Gasteiger partial charge in [0.2, 0.25) is 0 Å². The van der Waals surface area contributed by atoms with Crippen LogP contribution in [0.3, 0.4) is 0 Å². The Balaban J connectivity index is 2.64. The Bertz CT molecular complexity index is 214. The van der Waals surface area contributed by atoms with Gasteiger partial charge in [-0.25, -0.2) is 0 Å². The highest BCUT2D eigenvalue weighted by molar-refractivity contribution is 5.06. The first-order valence-corrected chi connectivity index (χ1v) is 4.60. The van der Waals surface area contributed by atoms with E-state index >= 15 is 0 Å². The molecule has 0 bridgehead atoms. The SMILES string of the molecule is CC(C)(C)[C@H]1CC=C[C@@H](C#N)C1. The van der Waals surface area contributed by atoms with E-state index in [9.17, 15) is 0 Å². The Kier molecular flexibility index (Phi) is 2.57. The van der Waals surface area contributed by atoms with Gasteiger partial charge in [-0.05, 0) is 24.2 Å². The highest BCUT2D eigenvalue weighted by Gasteiger charge is 2.27. The average molecular weight is 163 g/mol. The number of rotatable bonds is 0. The van der Waals surface area contributed by atoms with Crippen molar-refractivity contribution in [3.8, 4) is 6.07 Å². The first-order valence-electron chi connectivity index (χ1n) is 4.60. The van der Waals surface area contributed by atoms with Crippen LogP contribution in [-0.2, 0) is 0 Å². The molecule has 0 amide bonds. The molecule has 0 aliphatic heterocycles. The molecule has 1 heteroatoms. The van der Waals surface area contributed by atoms with Crippen molar-refractivity contribution < 1.29 is 0 Å². The number of hydrogen-bond donors (Lipinski definition) is 0. The maximum atomic E-state index is 8.77. The van der Waals surface area contributed by atoms with Crippen molar-refractivity contribution in [1.29, 1.82) is 5.26 Å². The predicted octanol–water partition coefficient (Wildman–Crippen LogP) is 3.14. The summed E-state index contributed by atoms with van der Waals surface area (Å²) in [5, 5.41) is 8.77. The number of hydrogen-bond acceptors (Lipinski definition) is 1. The third-order valence-corrected chi connectivity index (χ3v) is 2.72. The number of nitriles is 1. The Morgan fingerprint density at radius 1 is 1.42 bits per heavy atom. The molecule has 1 aliphatic carbocycles. The van der Waals surface area contributed by atoms with Crippen molar-refractivity contribution in [3.63, 3.8) is 0 Å². The highest BCUT2D eigenvalue weighted by atomic mass is 14.3. The van der Waals surface area contributed by atoms with E-state index in [-0.39, 0.29) is 5.92 Å². The molecule has 1 rings (SSSR count). The number of allylic oxidation sites excluding steroid dienone is 2. The third-order valence-electron chi connectivity index (χ3n) is 2.72. The molecule has 0 saturated carbocycles. The molecule has 0 fully saturated rings. The maximum absolute atomic E-state index is 8.77. The lowest BCUT2D eigenvalue weighted by atomic mass is 9.72. The summed E-state index contributed by atoms with van der Waals surface area (Å²) in [4.78, 5) is 0. The van der Waals surface area contributed by atoms with Crippen LogP contribution in [0.25, 0.3) is 0 Å². The second kappa shape index (κ2) is 3.31. The summed E-state index contributed by atoms with van der Waals surface area (Å²) in [6, 6.07) is 2.32. The quantitative estimate of drug-likeness (QED) is 0.503. The van der Waals surface area contributed by atoms with Gasteiger partial charge in [0.1, 0.15) is 0 Å². The second-order valence-corrected chi connectivity index (χ2v) is 4.70. The van der Waals surface area contributed by atoms with E-state index in [0.717, 1.165) is 12.8 Å². The van der Waals surface area contributed by atoms with Gasteiger partial charge in [-0.15, -0.1) is 0 Å². The lowest BCUT2D eigenvalue weighted by Gasteiger charge is -2.33. The van der Waals surface area contributed by atoms with Gasteiger partial charge in [0.05, 0.1) is 12.0 Å². The molecule has 0 aromatic carbocycles. The predicted molar refractivity (Wildman–Crippen MR) is 50.4 cm³/mol. The Morgan fingerprint density at radius 2 is 2.08 bits per heavy atom. The molecule has 0 saturated heterocycles. The van der Waals surface area contributed by atoms with Crippen molar-refractivity contribution in [2.75, 3.05) is 0 Å². The van der Waals surface area contributed by atoms with Crippen LogP contribution in [0, 0.1) is 28.6 Å². The number of nitrogens with zero attached hydrogens (tertiary/aromatic N) is 1. The standard InChI is InChI=1S/C11H17N/c1-11(2,3)10-6-4-5-9(7-10)8-12/h4-5,9-10H,6-7H2,1-3H3/t9-,10+/m1/s1. The summed E-state index contributed by atoms with van der Waals surface area (Å²) < 4.78 is 0. The molecular weight excluding hydrogens is 146 g/mol. The molecule has 0 spiro atoms. The normalized spacial score (nSPS) is 29.8. The molecule has 1 aliphatic rings. The smallest absolute Gasteiger partial charge is 0.0697 e. The van der Waals surface area contributed by atoms with E-state index in [1.165, 1.54) is 0 Å². The molecule has 12 heavy (non-hydrogen) atoms. The van der Waals surface area contributed by atoms with Crippen LogP contribution >= 0.6 is 0 Å². The fourth-order valence-electron chi connectivity index (χ4n) is 1.69. The highest BCUT2D eigenvalue weighted by Crippen LogP contribution is 2.36. The van der Waals surface area contributed by atoms with E-state index < -0.39 is 0 Å². The summed E-state index contributed by atoms with van der Waals surface area (Å²) in [6.07, 6.45) is 6.38. The minimum Gasteiger partial charge on any atom is -0.198 e. The van der Waals surface area contributed by atoms with E-state index in [1.807, 2.05) is 6.08 Å². The van der Waals surface area contributed by atoms with Crippen molar-refractivity contribution in [1.82, 2.24) is 0 Å². The molecule has 0 radical (unpaired) electrons. The Morgan fingerprint density at radius 3 is 2.58 bits per heavy atom. The van der Waals surface area contributed by atoms with Gasteiger partial charge < -0.3 is 0 Å². The zero-order valence-electron chi connectivity index (χ0n) is 8.17. The van der Waals surface area contributed by atoms with Crippen LogP contribution in [0.15, 0.2) is 12.2 Å². The first-order chi connectivity index (χ1) is 5.54. The van der Waals surface area contributed by atoms with Crippen LogP contribution in [0.5, 0.6) is 0 Å². The zero-order valence-corrected chi connectivity index (χ0v) is 8.17.